The summed E-state index contributed by atoms with van der Waals surface area (Å²) < 4.78 is 0. The van der Waals surface area contributed by atoms with Crippen LogP contribution in [0, 0.1) is 10.1 Å². The van der Waals surface area contributed by atoms with E-state index in [-0.39, 0.29) is 10.6 Å². The molecule has 5 nitrogen and oxygen atoms in total. The van der Waals surface area contributed by atoms with Gasteiger partial charge in [0.25, 0.3) is 5.69 Å². The Morgan fingerprint density at radius 1 is 1.28 bits per heavy atom. The van der Waals surface area contributed by atoms with Crippen molar-refractivity contribution in [3.8, 4) is 0 Å². The minimum atomic E-state index is -0.354. The summed E-state index contributed by atoms with van der Waals surface area (Å²) in [7, 11) is 0. The summed E-state index contributed by atoms with van der Waals surface area (Å²) in [5.41, 5.74) is 1.25. The van der Waals surface area contributed by atoms with Gasteiger partial charge in [-0.05, 0) is 18.6 Å². The normalized spacial score (nSPS) is 16.8. The van der Waals surface area contributed by atoms with Gasteiger partial charge in [0.1, 0.15) is 0 Å². The van der Waals surface area contributed by atoms with Gasteiger partial charge in [0, 0.05) is 17.8 Å². The van der Waals surface area contributed by atoms with Crippen LogP contribution >= 0.6 is 0 Å². The molecule has 1 saturated heterocycles. The van der Waals surface area contributed by atoms with Crippen molar-refractivity contribution < 1.29 is 9.82 Å². The quantitative estimate of drug-likeness (QED) is 0.632. The molecule has 0 amide bonds. The minimum absolute atomic E-state index is 0.161. The van der Waals surface area contributed by atoms with Crippen LogP contribution in [-0.4, -0.2) is 37.6 Å². The minimum Gasteiger partial charge on any atom is -0.360 e. The Bertz CT molecular complexity index is 397. The van der Waals surface area contributed by atoms with Crippen LogP contribution in [0.2, 0.25) is 0 Å². The lowest BCUT2D eigenvalue weighted by molar-refractivity contribution is -0.900. The Labute approximate surface area is 107 Å². The molecule has 18 heavy (non-hydrogen) atoms. The van der Waals surface area contributed by atoms with Gasteiger partial charge in [-0.2, -0.15) is 0 Å². The highest BCUT2D eigenvalue weighted by Crippen LogP contribution is 2.19. The van der Waals surface area contributed by atoms with E-state index in [9.17, 15) is 10.1 Å². The number of nitrogens with zero attached hydrogens (tertiary/aromatic N) is 2. The molecule has 0 aromatic heterocycles. The Balaban J connectivity index is 1.95. The smallest absolute Gasteiger partial charge is 0.269 e. The Kier molecular flexibility index (Phi) is 4.15. The molecule has 0 spiro atoms. The summed E-state index contributed by atoms with van der Waals surface area (Å²) in [5.74, 6) is 0. The van der Waals surface area contributed by atoms with Gasteiger partial charge in [-0.25, -0.2) is 0 Å². The van der Waals surface area contributed by atoms with Crippen molar-refractivity contribution in [2.75, 3.05) is 37.6 Å². The highest BCUT2D eigenvalue weighted by molar-refractivity contribution is 5.50. The standard InChI is InChI=1S/C13H19N3O2/c1-2-7-14-8-10-15(11-9-14)12-3-5-13(6-4-12)16(17)18/h3-6H,2,7-11H2,1H3/p+1. The average molecular weight is 250 g/mol. The molecule has 98 valence electrons. The first-order valence-corrected chi connectivity index (χ1v) is 6.53. The number of nitro groups is 1. The molecule has 2 rings (SSSR count). The summed E-state index contributed by atoms with van der Waals surface area (Å²) in [6.45, 7) is 7.85. The number of anilines is 1. The van der Waals surface area contributed by atoms with E-state index in [1.807, 2.05) is 12.1 Å². The highest BCUT2D eigenvalue weighted by Gasteiger charge is 2.19. The Hall–Kier alpha value is -1.62. The topological polar surface area (TPSA) is 50.8 Å². The van der Waals surface area contributed by atoms with E-state index in [1.54, 1.807) is 17.0 Å². The molecule has 0 bridgehead atoms. The van der Waals surface area contributed by atoms with Crippen molar-refractivity contribution in [1.29, 1.82) is 0 Å². The third-order valence-electron chi connectivity index (χ3n) is 3.50. The average Bonchev–Trinajstić information content (AvgIpc) is 2.40. The molecule has 1 aliphatic heterocycles. The maximum atomic E-state index is 10.6. The lowest BCUT2D eigenvalue weighted by Crippen LogP contribution is -3.14. The first kappa shape index (κ1) is 12.8. The van der Waals surface area contributed by atoms with Crippen molar-refractivity contribution in [3.63, 3.8) is 0 Å². The van der Waals surface area contributed by atoms with Crippen LogP contribution in [0.25, 0.3) is 0 Å². The molecular weight excluding hydrogens is 230 g/mol. The van der Waals surface area contributed by atoms with Crippen molar-refractivity contribution in [3.05, 3.63) is 34.4 Å². The van der Waals surface area contributed by atoms with Crippen molar-refractivity contribution in [2.24, 2.45) is 0 Å². The third-order valence-corrected chi connectivity index (χ3v) is 3.50. The fraction of sp³-hybridized carbons (Fsp3) is 0.538. The molecule has 1 heterocycles. The lowest BCUT2D eigenvalue weighted by atomic mass is 10.2. The van der Waals surface area contributed by atoms with E-state index in [2.05, 4.69) is 11.8 Å². The number of benzene rings is 1. The largest absolute Gasteiger partial charge is 0.360 e. The van der Waals surface area contributed by atoms with Gasteiger partial charge in [-0.3, -0.25) is 10.1 Å². The second-order valence-electron chi connectivity index (χ2n) is 4.76. The molecule has 1 aromatic carbocycles. The van der Waals surface area contributed by atoms with E-state index in [0.29, 0.717) is 0 Å². The monoisotopic (exact) mass is 250 g/mol. The van der Waals surface area contributed by atoms with Gasteiger partial charge in [0.15, 0.2) is 0 Å². The van der Waals surface area contributed by atoms with Gasteiger partial charge in [0.2, 0.25) is 0 Å². The van der Waals surface area contributed by atoms with E-state index < -0.39 is 0 Å². The Morgan fingerprint density at radius 2 is 1.89 bits per heavy atom. The van der Waals surface area contributed by atoms with Crippen LogP contribution in [0.15, 0.2) is 24.3 Å². The first-order valence-electron chi connectivity index (χ1n) is 6.53. The summed E-state index contributed by atoms with van der Waals surface area (Å²) in [4.78, 5) is 14.2. The van der Waals surface area contributed by atoms with E-state index in [1.165, 1.54) is 13.0 Å². The van der Waals surface area contributed by atoms with Crippen molar-refractivity contribution in [1.82, 2.24) is 0 Å². The maximum Gasteiger partial charge on any atom is 0.269 e. The predicted octanol–water partition coefficient (Wildman–Crippen LogP) is 0.710. The van der Waals surface area contributed by atoms with Crippen LogP contribution in [0.4, 0.5) is 11.4 Å². The van der Waals surface area contributed by atoms with Crippen LogP contribution in [-0.2, 0) is 0 Å². The molecule has 1 aliphatic rings. The van der Waals surface area contributed by atoms with Gasteiger partial charge in [-0.15, -0.1) is 0 Å². The SMILES string of the molecule is CCC[NH+]1CCN(c2ccc([N+](=O)[O-])cc2)CC1. The van der Waals surface area contributed by atoms with Gasteiger partial charge in [0.05, 0.1) is 37.6 Å². The number of hydrogen-bond acceptors (Lipinski definition) is 3. The van der Waals surface area contributed by atoms with Gasteiger partial charge < -0.3 is 9.80 Å². The van der Waals surface area contributed by atoms with Crippen LogP contribution < -0.4 is 9.80 Å². The van der Waals surface area contributed by atoms with E-state index in [0.717, 1.165) is 31.9 Å². The van der Waals surface area contributed by atoms with Crippen LogP contribution in [0.5, 0.6) is 0 Å². The number of nitrogens with one attached hydrogen (secondary N) is 1. The zero-order valence-corrected chi connectivity index (χ0v) is 10.8. The zero-order chi connectivity index (χ0) is 13.0. The van der Waals surface area contributed by atoms with Crippen molar-refractivity contribution >= 4 is 11.4 Å². The van der Waals surface area contributed by atoms with Gasteiger partial charge in [-0.1, -0.05) is 6.92 Å². The third kappa shape index (κ3) is 2.98. The van der Waals surface area contributed by atoms with Crippen LogP contribution in [0.3, 0.4) is 0 Å². The lowest BCUT2D eigenvalue weighted by Gasteiger charge is -2.33. The second-order valence-corrected chi connectivity index (χ2v) is 4.76. The fourth-order valence-corrected chi connectivity index (χ4v) is 2.47. The summed E-state index contributed by atoms with van der Waals surface area (Å²) in [6, 6.07) is 6.87. The van der Waals surface area contributed by atoms with Gasteiger partial charge >= 0.3 is 0 Å². The molecule has 1 N–H and O–H groups in total. The fourth-order valence-electron chi connectivity index (χ4n) is 2.47. The molecule has 0 aliphatic carbocycles. The zero-order valence-electron chi connectivity index (χ0n) is 10.8. The summed E-state index contributed by atoms with van der Waals surface area (Å²) in [6.07, 6.45) is 1.23. The second kappa shape index (κ2) is 5.82. The Morgan fingerprint density at radius 3 is 2.39 bits per heavy atom. The molecule has 1 aromatic rings. The van der Waals surface area contributed by atoms with Crippen molar-refractivity contribution in [2.45, 2.75) is 13.3 Å². The molecule has 0 radical (unpaired) electrons. The maximum absolute atomic E-state index is 10.6. The van der Waals surface area contributed by atoms with Crippen LogP contribution in [0.1, 0.15) is 13.3 Å². The number of hydrogen-bond donors (Lipinski definition) is 1. The molecule has 0 saturated carbocycles. The molecule has 0 unspecified atom stereocenters. The molecule has 1 fully saturated rings. The number of rotatable bonds is 4. The summed E-state index contributed by atoms with van der Waals surface area (Å²) >= 11 is 0. The highest BCUT2D eigenvalue weighted by atomic mass is 16.6. The number of piperazine rings is 1. The molecule has 0 atom stereocenters. The number of quaternary nitrogens is 1. The number of non-ortho nitro benzene ring substituents is 1. The molecular formula is C13H20N3O2+. The first-order chi connectivity index (χ1) is 8.70. The predicted molar refractivity (Wildman–Crippen MR) is 71.2 cm³/mol. The summed E-state index contributed by atoms with van der Waals surface area (Å²) in [5, 5.41) is 10.6. The van der Waals surface area contributed by atoms with E-state index in [4.69, 9.17) is 0 Å². The van der Waals surface area contributed by atoms with E-state index >= 15 is 0 Å². The number of nitro benzene ring substituents is 1. The molecule has 5 heteroatoms.